The van der Waals surface area contributed by atoms with Crippen molar-refractivity contribution in [3.8, 4) is 17.1 Å². The Bertz CT molecular complexity index is 1290. The highest BCUT2D eigenvalue weighted by Gasteiger charge is 2.19. The van der Waals surface area contributed by atoms with Gasteiger partial charge in [0.25, 0.3) is 0 Å². The Balaban J connectivity index is 1.48. The zero-order valence-corrected chi connectivity index (χ0v) is 23.2. The van der Waals surface area contributed by atoms with Gasteiger partial charge in [-0.2, -0.15) is 0 Å². The molecule has 12 heteroatoms. The fourth-order valence-electron chi connectivity index (χ4n) is 3.52. The minimum atomic E-state index is -0.628. The Labute approximate surface area is 232 Å². The number of aromatic nitrogens is 1. The van der Waals surface area contributed by atoms with Crippen LogP contribution in [0.1, 0.15) is 39.7 Å². The molecular weight excluding hydrogens is 518 g/mol. The number of anilines is 2. The highest BCUT2D eigenvalue weighted by molar-refractivity contribution is 6.00. The largest absolute Gasteiger partial charge is 0.496 e. The van der Waals surface area contributed by atoms with Gasteiger partial charge in [-0.25, -0.2) is 19.4 Å². The second-order valence-electron chi connectivity index (χ2n) is 9.73. The summed E-state index contributed by atoms with van der Waals surface area (Å²) in [5.41, 5.74) is 1.88. The molecule has 1 unspecified atom stereocenters. The molecule has 0 aliphatic heterocycles. The van der Waals surface area contributed by atoms with Gasteiger partial charge >= 0.3 is 18.2 Å². The molecule has 0 fully saturated rings. The Morgan fingerprint density at radius 1 is 1.00 bits per heavy atom. The maximum atomic E-state index is 12.6. The summed E-state index contributed by atoms with van der Waals surface area (Å²) in [6, 6.07) is 11.7. The van der Waals surface area contributed by atoms with E-state index in [1.165, 1.54) is 13.5 Å². The quantitative estimate of drug-likeness (QED) is 0.256. The molecule has 0 bridgehead atoms. The summed E-state index contributed by atoms with van der Waals surface area (Å²) < 4.78 is 21.3. The highest BCUT2D eigenvalue weighted by atomic mass is 16.6. The number of alkyl carbamates (subject to hydrolysis) is 2. The van der Waals surface area contributed by atoms with E-state index in [1.807, 2.05) is 6.92 Å². The van der Waals surface area contributed by atoms with Gasteiger partial charge in [-0.3, -0.25) is 0 Å². The average Bonchev–Trinajstić information content (AvgIpc) is 3.44. The number of rotatable bonds is 10. The lowest BCUT2D eigenvalue weighted by Gasteiger charge is -2.21. The summed E-state index contributed by atoms with van der Waals surface area (Å²) in [7, 11) is 1.53. The summed E-state index contributed by atoms with van der Waals surface area (Å²) in [5, 5.41) is 10.8. The standard InChI is InChI=1S/C28H35N5O7/c1-6-21(15-31-27(36)40-28(2,3)4)39-26(35)30-14-18-8-7-9-19(12-18)32-25(34)33-20-10-11-22(23(13-20)37-5)24-16-29-17-38-24/h7-13,16-17,21H,6,14-15H2,1-5H3,(H,30,35)(H,31,36)(H2,32,33,34). The first-order chi connectivity index (χ1) is 19.1. The van der Waals surface area contributed by atoms with Crippen LogP contribution in [-0.2, 0) is 16.0 Å². The fraction of sp³-hybridized carbons (Fsp3) is 0.357. The van der Waals surface area contributed by atoms with E-state index in [0.717, 1.165) is 5.56 Å². The molecule has 0 saturated heterocycles. The number of ether oxygens (including phenoxy) is 3. The summed E-state index contributed by atoms with van der Waals surface area (Å²) in [5.74, 6) is 1.06. The van der Waals surface area contributed by atoms with Crippen LogP contribution >= 0.6 is 0 Å². The molecule has 1 atom stereocenters. The predicted octanol–water partition coefficient (Wildman–Crippen LogP) is 5.52. The molecule has 2 aromatic carbocycles. The minimum absolute atomic E-state index is 0.127. The van der Waals surface area contributed by atoms with Crippen LogP contribution < -0.4 is 26.0 Å². The lowest BCUT2D eigenvalue weighted by molar-refractivity contribution is 0.0464. The van der Waals surface area contributed by atoms with E-state index < -0.39 is 29.9 Å². The number of carbonyl (C=O) groups is 3. The van der Waals surface area contributed by atoms with Gasteiger partial charge in [0, 0.05) is 24.0 Å². The molecule has 1 aromatic heterocycles. The van der Waals surface area contributed by atoms with Crippen molar-refractivity contribution in [2.75, 3.05) is 24.3 Å². The molecule has 3 rings (SSSR count). The fourth-order valence-corrected chi connectivity index (χ4v) is 3.52. The predicted molar refractivity (Wildman–Crippen MR) is 149 cm³/mol. The lowest BCUT2D eigenvalue weighted by atomic mass is 10.1. The first-order valence-corrected chi connectivity index (χ1v) is 12.7. The Hall–Kier alpha value is -4.74. The van der Waals surface area contributed by atoms with Crippen LogP contribution in [0.3, 0.4) is 0 Å². The molecular formula is C28H35N5O7. The van der Waals surface area contributed by atoms with Gasteiger partial charge < -0.3 is 39.9 Å². The van der Waals surface area contributed by atoms with Gasteiger partial charge in [0.2, 0.25) is 0 Å². The number of urea groups is 1. The molecule has 12 nitrogen and oxygen atoms in total. The number of amides is 4. The lowest BCUT2D eigenvalue weighted by Crippen LogP contribution is -2.39. The van der Waals surface area contributed by atoms with E-state index in [-0.39, 0.29) is 13.1 Å². The van der Waals surface area contributed by atoms with Crippen LogP contribution in [0, 0.1) is 0 Å². The molecule has 4 amide bonds. The van der Waals surface area contributed by atoms with E-state index >= 15 is 0 Å². The summed E-state index contributed by atoms with van der Waals surface area (Å²) in [6.45, 7) is 7.44. The first-order valence-electron chi connectivity index (χ1n) is 12.7. The summed E-state index contributed by atoms with van der Waals surface area (Å²) in [6.07, 6.45) is 1.68. The molecule has 40 heavy (non-hydrogen) atoms. The van der Waals surface area contributed by atoms with Crippen LogP contribution in [0.4, 0.5) is 25.8 Å². The van der Waals surface area contributed by atoms with Crippen molar-refractivity contribution in [3.63, 3.8) is 0 Å². The molecule has 0 saturated carbocycles. The van der Waals surface area contributed by atoms with E-state index in [2.05, 4.69) is 26.3 Å². The number of oxazole rings is 1. The molecule has 3 aromatic rings. The van der Waals surface area contributed by atoms with Gasteiger partial charge in [0.15, 0.2) is 12.2 Å². The molecule has 0 radical (unpaired) electrons. The highest BCUT2D eigenvalue weighted by Crippen LogP contribution is 2.32. The molecule has 4 N–H and O–H groups in total. The monoisotopic (exact) mass is 553 g/mol. The van der Waals surface area contributed by atoms with Crippen molar-refractivity contribution in [2.45, 2.75) is 52.4 Å². The van der Waals surface area contributed by atoms with E-state index in [9.17, 15) is 14.4 Å². The second-order valence-corrected chi connectivity index (χ2v) is 9.73. The van der Waals surface area contributed by atoms with E-state index in [0.29, 0.717) is 34.9 Å². The van der Waals surface area contributed by atoms with Gasteiger partial charge in [-0.1, -0.05) is 19.1 Å². The molecule has 0 aliphatic carbocycles. The number of hydrogen-bond donors (Lipinski definition) is 4. The third-order valence-corrected chi connectivity index (χ3v) is 5.38. The first kappa shape index (κ1) is 29.8. The Morgan fingerprint density at radius 2 is 1.75 bits per heavy atom. The molecule has 1 heterocycles. The maximum Gasteiger partial charge on any atom is 0.407 e. The number of benzene rings is 2. The topological polar surface area (TPSA) is 153 Å². The maximum absolute atomic E-state index is 12.6. The summed E-state index contributed by atoms with van der Waals surface area (Å²) in [4.78, 5) is 40.6. The van der Waals surface area contributed by atoms with E-state index in [4.69, 9.17) is 18.6 Å². The third-order valence-electron chi connectivity index (χ3n) is 5.38. The normalized spacial score (nSPS) is 11.6. The zero-order valence-electron chi connectivity index (χ0n) is 23.2. The van der Waals surface area contributed by atoms with Gasteiger partial charge in [0.05, 0.1) is 25.4 Å². The SMILES string of the molecule is CCC(CNC(=O)OC(C)(C)C)OC(=O)NCc1cccc(NC(=O)Nc2ccc(-c3cnco3)c(OC)c2)c1. The van der Waals surface area contributed by atoms with E-state index in [1.54, 1.807) is 69.4 Å². The van der Waals surface area contributed by atoms with Crippen LogP contribution in [0.15, 0.2) is 59.5 Å². The Kier molecular flexibility index (Phi) is 10.3. The van der Waals surface area contributed by atoms with Crippen molar-refractivity contribution < 1.29 is 33.0 Å². The number of methoxy groups -OCH3 is 1. The van der Waals surface area contributed by atoms with Crippen molar-refractivity contribution in [1.82, 2.24) is 15.6 Å². The van der Waals surface area contributed by atoms with Crippen molar-refractivity contribution in [2.24, 2.45) is 0 Å². The van der Waals surface area contributed by atoms with Crippen molar-refractivity contribution >= 4 is 29.6 Å². The number of nitrogens with one attached hydrogen (secondary N) is 4. The smallest absolute Gasteiger partial charge is 0.407 e. The average molecular weight is 554 g/mol. The Morgan fingerprint density at radius 3 is 2.40 bits per heavy atom. The van der Waals surface area contributed by atoms with Crippen LogP contribution in [0.5, 0.6) is 5.75 Å². The van der Waals surface area contributed by atoms with Gasteiger partial charge in [0.1, 0.15) is 17.5 Å². The van der Waals surface area contributed by atoms with Gasteiger partial charge in [-0.15, -0.1) is 0 Å². The van der Waals surface area contributed by atoms with Crippen molar-refractivity contribution in [3.05, 3.63) is 60.6 Å². The zero-order chi connectivity index (χ0) is 29.1. The van der Waals surface area contributed by atoms with Crippen LogP contribution in [0.25, 0.3) is 11.3 Å². The van der Waals surface area contributed by atoms with Crippen LogP contribution in [-0.4, -0.2) is 48.6 Å². The van der Waals surface area contributed by atoms with Gasteiger partial charge in [-0.05, 0) is 57.0 Å². The number of hydrogen-bond acceptors (Lipinski definition) is 8. The molecule has 0 spiro atoms. The van der Waals surface area contributed by atoms with Crippen molar-refractivity contribution in [1.29, 1.82) is 0 Å². The molecule has 214 valence electrons. The molecule has 0 aliphatic rings. The number of carbonyl (C=O) groups excluding carboxylic acids is 3. The third kappa shape index (κ3) is 9.53. The minimum Gasteiger partial charge on any atom is -0.496 e. The van der Waals surface area contributed by atoms with Crippen LogP contribution in [0.2, 0.25) is 0 Å². The summed E-state index contributed by atoms with van der Waals surface area (Å²) >= 11 is 0. The number of nitrogens with zero attached hydrogens (tertiary/aromatic N) is 1. The second kappa shape index (κ2) is 13.9.